The standard InChI is InChI=1S/C23H29N3O2/c1-19(27)22(16-20-8-4-2-5-9-20)24-23(28)18-26-14-12-25(13-15-26)17-21-10-6-3-7-11-21/h2-11,22H,12-18H2,1H3,(H,24,28)/p+2/t22-/m0/s1. The molecule has 3 rings (SSSR count). The predicted molar refractivity (Wildman–Crippen MR) is 109 cm³/mol. The Kier molecular flexibility index (Phi) is 7.34. The van der Waals surface area contributed by atoms with Crippen molar-refractivity contribution < 1.29 is 19.4 Å². The second-order valence-corrected chi connectivity index (χ2v) is 7.76. The van der Waals surface area contributed by atoms with E-state index in [0.717, 1.165) is 38.3 Å². The third-order valence-corrected chi connectivity index (χ3v) is 5.48. The second kappa shape index (κ2) is 10.2. The molecule has 0 spiro atoms. The van der Waals surface area contributed by atoms with Crippen molar-refractivity contribution in [1.29, 1.82) is 0 Å². The van der Waals surface area contributed by atoms with Crippen molar-refractivity contribution in [3.05, 3.63) is 71.8 Å². The van der Waals surface area contributed by atoms with Gasteiger partial charge in [0, 0.05) is 5.56 Å². The molecule has 1 aliphatic heterocycles. The Morgan fingerprint density at radius 2 is 1.39 bits per heavy atom. The van der Waals surface area contributed by atoms with E-state index in [0.29, 0.717) is 13.0 Å². The number of nitrogens with one attached hydrogen (secondary N) is 3. The van der Waals surface area contributed by atoms with Crippen molar-refractivity contribution in [2.75, 3.05) is 32.7 Å². The predicted octanol–water partition coefficient (Wildman–Crippen LogP) is -0.713. The number of quaternary nitrogens is 2. The van der Waals surface area contributed by atoms with Crippen LogP contribution in [-0.2, 0) is 22.6 Å². The molecular formula is C23H31N3O2+2. The number of amides is 1. The fourth-order valence-corrected chi connectivity index (χ4v) is 3.81. The molecule has 1 amide bonds. The lowest BCUT2D eigenvalue weighted by atomic mass is 10.0. The number of carbonyl (C=O) groups is 2. The Morgan fingerprint density at radius 3 is 1.96 bits per heavy atom. The number of benzene rings is 2. The lowest BCUT2D eigenvalue weighted by molar-refractivity contribution is -1.02. The molecule has 2 aromatic carbocycles. The number of Topliss-reactive ketones (excluding diaryl/α,β-unsaturated/α-hetero) is 1. The van der Waals surface area contributed by atoms with Crippen LogP contribution in [0.5, 0.6) is 0 Å². The van der Waals surface area contributed by atoms with Crippen LogP contribution in [-0.4, -0.2) is 50.5 Å². The fourth-order valence-electron chi connectivity index (χ4n) is 3.81. The van der Waals surface area contributed by atoms with Crippen LogP contribution in [0.25, 0.3) is 0 Å². The summed E-state index contributed by atoms with van der Waals surface area (Å²) < 4.78 is 0. The number of piperazine rings is 1. The van der Waals surface area contributed by atoms with Gasteiger partial charge in [0.1, 0.15) is 32.7 Å². The minimum absolute atomic E-state index is 0.00401. The molecule has 148 valence electrons. The minimum atomic E-state index is -0.445. The van der Waals surface area contributed by atoms with Crippen molar-refractivity contribution in [3.63, 3.8) is 0 Å². The molecule has 0 aromatic heterocycles. The second-order valence-electron chi connectivity index (χ2n) is 7.76. The smallest absolute Gasteiger partial charge is 0.275 e. The third-order valence-electron chi connectivity index (χ3n) is 5.48. The third kappa shape index (κ3) is 6.29. The van der Waals surface area contributed by atoms with Gasteiger partial charge in [-0.1, -0.05) is 60.7 Å². The van der Waals surface area contributed by atoms with E-state index in [9.17, 15) is 9.59 Å². The van der Waals surface area contributed by atoms with Crippen molar-refractivity contribution in [2.45, 2.75) is 25.9 Å². The maximum atomic E-state index is 12.5. The van der Waals surface area contributed by atoms with Crippen molar-refractivity contribution in [3.8, 4) is 0 Å². The molecule has 1 heterocycles. The number of carbonyl (C=O) groups excluding carboxylic acids is 2. The Labute approximate surface area is 167 Å². The monoisotopic (exact) mass is 381 g/mol. The summed E-state index contributed by atoms with van der Waals surface area (Å²) in [6, 6.07) is 20.0. The average Bonchev–Trinajstić information content (AvgIpc) is 2.70. The van der Waals surface area contributed by atoms with Gasteiger partial charge >= 0.3 is 0 Å². The topological polar surface area (TPSA) is 55.0 Å². The van der Waals surface area contributed by atoms with E-state index in [1.807, 2.05) is 36.4 Å². The van der Waals surface area contributed by atoms with E-state index in [2.05, 4.69) is 29.6 Å². The van der Waals surface area contributed by atoms with Crippen molar-refractivity contribution in [2.24, 2.45) is 0 Å². The van der Waals surface area contributed by atoms with Crippen LogP contribution in [0.1, 0.15) is 18.1 Å². The maximum Gasteiger partial charge on any atom is 0.275 e. The first-order valence-electron chi connectivity index (χ1n) is 10.1. The van der Waals surface area contributed by atoms with Gasteiger partial charge in [0.25, 0.3) is 5.91 Å². The summed E-state index contributed by atoms with van der Waals surface area (Å²) in [5.41, 5.74) is 2.43. The normalized spacial score (nSPS) is 20.3. The quantitative estimate of drug-likeness (QED) is 0.566. The molecule has 28 heavy (non-hydrogen) atoms. The van der Waals surface area contributed by atoms with Gasteiger partial charge in [0.05, 0.1) is 6.04 Å². The number of ketones is 1. The Hall–Kier alpha value is -2.50. The Balaban J connectivity index is 1.43. The summed E-state index contributed by atoms with van der Waals surface area (Å²) in [4.78, 5) is 27.3. The van der Waals surface area contributed by atoms with Gasteiger partial charge in [-0.3, -0.25) is 9.59 Å². The number of hydrogen-bond donors (Lipinski definition) is 3. The van der Waals surface area contributed by atoms with Crippen LogP contribution < -0.4 is 15.1 Å². The highest BCUT2D eigenvalue weighted by Crippen LogP contribution is 2.04. The number of rotatable bonds is 8. The van der Waals surface area contributed by atoms with E-state index in [1.54, 1.807) is 11.8 Å². The highest BCUT2D eigenvalue weighted by Gasteiger charge is 2.26. The lowest BCUT2D eigenvalue weighted by Crippen LogP contribution is -3.28. The first-order chi connectivity index (χ1) is 13.6. The molecule has 2 aromatic rings. The van der Waals surface area contributed by atoms with Crippen molar-refractivity contribution >= 4 is 11.7 Å². The lowest BCUT2D eigenvalue weighted by Gasteiger charge is -2.29. The molecule has 5 heteroatoms. The molecule has 0 saturated carbocycles. The Morgan fingerprint density at radius 1 is 0.857 bits per heavy atom. The van der Waals surface area contributed by atoms with E-state index in [4.69, 9.17) is 0 Å². The summed E-state index contributed by atoms with van der Waals surface area (Å²) in [7, 11) is 0. The van der Waals surface area contributed by atoms with Crippen LogP contribution >= 0.6 is 0 Å². The zero-order valence-electron chi connectivity index (χ0n) is 16.6. The van der Waals surface area contributed by atoms with E-state index in [1.165, 1.54) is 10.5 Å². The minimum Gasteiger partial charge on any atom is -0.341 e. The van der Waals surface area contributed by atoms with Crippen LogP contribution in [0.3, 0.4) is 0 Å². The SMILES string of the molecule is CC(=O)[C@H](Cc1ccccc1)NC(=O)C[NH+]1CC[NH+](Cc2ccccc2)CC1. The highest BCUT2D eigenvalue weighted by atomic mass is 16.2. The summed E-state index contributed by atoms with van der Waals surface area (Å²) >= 11 is 0. The molecule has 1 atom stereocenters. The molecule has 5 nitrogen and oxygen atoms in total. The maximum absolute atomic E-state index is 12.5. The molecule has 0 radical (unpaired) electrons. The van der Waals surface area contributed by atoms with Crippen LogP contribution in [0.15, 0.2) is 60.7 Å². The van der Waals surface area contributed by atoms with Gasteiger partial charge < -0.3 is 15.1 Å². The van der Waals surface area contributed by atoms with Gasteiger partial charge in [0.2, 0.25) is 0 Å². The van der Waals surface area contributed by atoms with Crippen LogP contribution in [0, 0.1) is 0 Å². The average molecular weight is 382 g/mol. The molecule has 1 fully saturated rings. The molecule has 0 unspecified atom stereocenters. The Bertz CT molecular complexity index is 756. The largest absolute Gasteiger partial charge is 0.341 e. The van der Waals surface area contributed by atoms with E-state index < -0.39 is 6.04 Å². The number of hydrogen-bond acceptors (Lipinski definition) is 2. The zero-order chi connectivity index (χ0) is 19.8. The van der Waals surface area contributed by atoms with Gasteiger partial charge in [-0.15, -0.1) is 0 Å². The zero-order valence-corrected chi connectivity index (χ0v) is 16.6. The first-order valence-corrected chi connectivity index (χ1v) is 10.1. The summed E-state index contributed by atoms with van der Waals surface area (Å²) in [5.74, 6) is -0.0260. The van der Waals surface area contributed by atoms with Gasteiger partial charge in [-0.25, -0.2) is 0 Å². The summed E-state index contributed by atoms with van der Waals surface area (Å²) in [6.45, 7) is 7.14. The van der Waals surface area contributed by atoms with Crippen molar-refractivity contribution in [1.82, 2.24) is 5.32 Å². The molecule has 1 saturated heterocycles. The summed E-state index contributed by atoms with van der Waals surface area (Å²) in [6.07, 6.45) is 0.548. The van der Waals surface area contributed by atoms with Crippen LogP contribution in [0.4, 0.5) is 0 Å². The van der Waals surface area contributed by atoms with Gasteiger partial charge in [-0.05, 0) is 18.9 Å². The molecule has 0 bridgehead atoms. The molecule has 3 N–H and O–H groups in total. The van der Waals surface area contributed by atoms with E-state index in [-0.39, 0.29) is 11.7 Å². The molecular weight excluding hydrogens is 350 g/mol. The first kappa shape index (κ1) is 20.2. The molecule has 1 aliphatic rings. The highest BCUT2D eigenvalue weighted by molar-refractivity contribution is 5.88. The summed E-state index contributed by atoms with van der Waals surface area (Å²) in [5, 5.41) is 2.95. The van der Waals surface area contributed by atoms with Crippen LogP contribution in [0.2, 0.25) is 0 Å². The fraction of sp³-hybridized carbons (Fsp3) is 0.391. The van der Waals surface area contributed by atoms with E-state index >= 15 is 0 Å². The molecule has 0 aliphatic carbocycles. The van der Waals surface area contributed by atoms with Gasteiger partial charge in [-0.2, -0.15) is 0 Å². The van der Waals surface area contributed by atoms with Gasteiger partial charge in [0.15, 0.2) is 12.3 Å².